The largest absolute Gasteiger partial charge is 0.330 e. The lowest BCUT2D eigenvalue weighted by Crippen LogP contribution is -2.15. The van der Waals surface area contributed by atoms with E-state index in [4.69, 9.17) is 5.73 Å². The van der Waals surface area contributed by atoms with Gasteiger partial charge in [0.05, 0.1) is 0 Å². The fourth-order valence-corrected chi connectivity index (χ4v) is 2.38. The standard InChI is InChI=1S/C14H22FN/c1-4-12(7-8-16)11(3)14-9-13(15)6-5-10(14)2/h5-6,9,11-12H,4,7-8,16H2,1-3H3. The van der Waals surface area contributed by atoms with Gasteiger partial charge in [0.15, 0.2) is 0 Å². The number of benzene rings is 1. The molecule has 1 aromatic carbocycles. The summed E-state index contributed by atoms with van der Waals surface area (Å²) in [5.41, 5.74) is 7.91. The van der Waals surface area contributed by atoms with Crippen molar-refractivity contribution >= 4 is 0 Å². The van der Waals surface area contributed by atoms with E-state index in [0.717, 1.165) is 18.4 Å². The molecule has 0 fully saturated rings. The first-order valence-electron chi connectivity index (χ1n) is 6.06. The molecule has 0 amide bonds. The predicted octanol–water partition coefficient (Wildman–Crippen LogP) is 3.61. The lowest BCUT2D eigenvalue weighted by atomic mass is 9.82. The average Bonchev–Trinajstić information content (AvgIpc) is 2.28. The van der Waals surface area contributed by atoms with Gasteiger partial charge in [-0.25, -0.2) is 4.39 Å². The minimum absolute atomic E-state index is 0.143. The molecule has 16 heavy (non-hydrogen) atoms. The smallest absolute Gasteiger partial charge is 0.123 e. The zero-order chi connectivity index (χ0) is 12.1. The number of halogens is 1. The Labute approximate surface area is 97.9 Å². The molecule has 2 unspecified atom stereocenters. The minimum Gasteiger partial charge on any atom is -0.330 e. The first-order valence-corrected chi connectivity index (χ1v) is 6.06. The molecule has 0 saturated carbocycles. The molecule has 0 saturated heterocycles. The maximum Gasteiger partial charge on any atom is 0.123 e. The second kappa shape index (κ2) is 6.00. The molecule has 0 radical (unpaired) electrons. The van der Waals surface area contributed by atoms with E-state index in [1.807, 2.05) is 13.0 Å². The number of rotatable bonds is 5. The zero-order valence-corrected chi connectivity index (χ0v) is 10.5. The summed E-state index contributed by atoms with van der Waals surface area (Å²) >= 11 is 0. The lowest BCUT2D eigenvalue weighted by Gasteiger charge is -2.24. The topological polar surface area (TPSA) is 26.0 Å². The van der Waals surface area contributed by atoms with Crippen molar-refractivity contribution < 1.29 is 4.39 Å². The summed E-state index contributed by atoms with van der Waals surface area (Å²) in [6.45, 7) is 7.09. The highest BCUT2D eigenvalue weighted by atomic mass is 19.1. The van der Waals surface area contributed by atoms with Crippen LogP contribution in [0.1, 0.15) is 43.7 Å². The van der Waals surface area contributed by atoms with Crippen LogP contribution < -0.4 is 5.73 Å². The molecule has 0 aliphatic heterocycles. The molecule has 0 spiro atoms. The van der Waals surface area contributed by atoms with Gasteiger partial charge >= 0.3 is 0 Å². The predicted molar refractivity (Wildman–Crippen MR) is 67.0 cm³/mol. The van der Waals surface area contributed by atoms with Crippen molar-refractivity contribution in [3.63, 3.8) is 0 Å². The Morgan fingerprint density at radius 3 is 2.62 bits per heavy atom. The van der Waals surface area contributed by atoms with Gasteiger partial charge in [-0.15, -0.1) is 0 Å². The Morgan fingerprint density at radius 1 is 1.38 bits per heavy atom. The Morgan fingerprint density at radius 2 is 2.06 bits per heavy atom. The number of hydrogen-bond acceptors (Lipinski definition) is 1. The molecule has 1 nitrogen and oxygen atoms in total. The van der Waals surface area contributed by atoms with Crippen LogP contribution in [0.4, 0.5) is 4.39 Å². The molecular formula is C14H22FN. The van der Waals surface area contributed by atoms with Gasteiger partial charge in [-0.05, 0) is 55.0 Å². The molecule has 1 aromatic rings. The molecule has 2 N–H and O–H groups in total. The number of aryl methyl sites for hydroxylation is 1. The first-order chi connectivity index (χ1) is 7.60. The van der Waals surface area contributed by atoms with Crippen molar-refractivity contribution in [1.29, 1.82) is 0 Å². The average molecular weight is 223 g/mol. The normalized spacial score (nSPS) is 14.8. The maximum absolute atomic E-state index is 13.2. The Kier molecular flexibility index (Phi) is 4.94. The van der Waals surface area contributed by atoms with Crippen molar-refractivity contribution in [1.82, 2.24) is 0 Å². The van der Waals surface area contributed by atoms with Crippen molar-refractivity contribution in [2.24, 2.45) is 11.7 Å². The van der Waals surface area contributed by atoms with Gasteiger partial charge in [0.25, 0.3) is 0 Å². The molecular weight excluding hydrogens is 201 g/mol. The summed E-state index contributed by atoms with van der Waals surface area (Å²) in [5.74, 6) is 0.782. The highest BCUT2D eigenvalue weighted by Crippen LogP contribution is 2.31. The van der Waals surface area contributed by atoms with Crippen LogP contribution in [-0.2, 0) is 0 Å². The molecule has 90 valence electrons. The van der Waals surface area contributed by atoms with E-state index in [1.165, 1.54) is 11.6 Å². The van der Waals surface area contributed by atoms with Crippen LogP contribution in [0.15, 0.2) is 18.2 Å². The zero-order valence-electron chi connectivity index (χ0n) is 10.5. The summed E-state index contributed by atoms with van der Waals surface area (Å²) in [7, 11) is 0. The molecule has 0 aliphatic carbocycles. The number of hydrogen-bond donors (Lipinski definition) is 1. The van der Waals surface area contributed by atoms with Gasteiger partial charge in [-0.2, -0.15) is 0 Å². The minimum atomic E-state index is -0.143. The van der Waals surface area contributed by atoms with Gasteiger partial charge < -0.3 is 5.73 Å². The van der Waals surface area contributed by atoms with Crippen LogP contribution in [0, 0.1) is 18.7 Å². The van der Waals surface area contributed by atoms with Gasteiger partial charge in [0, 0.05) is 0 Å². The molecule has 1 rings (SSSR count). The van der Waals surface area contributed by atoms with Crippen LogP contribution in [0.3, 0.4) is 0 Å². The van der Waals surface area contributed by atoms with Crippen LogP contribution in [0.2, 0.25) is 0 Å². The molecule has 0 aliphatic rings. The third-order valence-corrected chi connectivity index (χ3v) is 3.50. The highest BCUT2D eigenvalue weighted by Gasteiger charge is 2.18. The molecule has 2 atom stereocenters. The van der Waals surface area contributed by atoms with Gasteiger partial charge in [-0.3, -0.25) is 0 Å². The van der Waals surface area contributed by atoms with Crippen LogP contribution in [0.25, 0.3) is 0 Å². The van der Waals surface area contributed by atoms with E-state index >= 15 is 0 Å². The summed E-state index contributed by atoms with van der Waals surface area (Å²) < 4.78 is 13.2. The highest BCUT2D eigenvalue weighted by molar-refractivity contribution is 5.30. The monoisotopic (exact) mass is 223 g/mol. The van der Waals surface area contributed by atoms with E-state index in [0.29, 0.717) is 18.4 Å². The second-order valence-corrected chi connectivity index (χ2v) is 4.54. The summed E-state index contributed by atoms with van der Waals surface area (Å²) in [5, 5.41) is 0. The van der Waals surface area contributed by atoms with Crippen LogP contribution >= 0.6 is 0 Å². The van der Waals surface area contributed by atoms with E-state index in [1.54, 1.807) is 6.07 Å². The molecule has 0 bridgehead atoms. The van der Waals surface area contributed by atoms with Crippen LogP contribution in [0.5, 0.6) is 0 Å². The third kappa shape index (κ3) is 3.05. The quantitative estimate of drug-likeness (QED) is 0.810. The maximum atomic E-state index is 13.2. The fraction of sp³-hybridized carbons (Fsp3) is 0.571. The van der Waals surface area contributed by atoms with E-state index in [2.05, 4.69) is 13.8 Å². The van der Waals surface area contributed by atoms with Crippen molar-refractivity contribution in [2.45, 2.75) is 39.5 Å². The summed E-state index contributed by atoms with van der Waals surface area (Å²) in [4.78, 5) is 0. The van der Waals surface area contributed by atoms with E-state index in [9.17, 15) is 4.39 Å². The molecule has 0 heterocycles. The fourth-order valence-electron chi connectivity index (χ4n) is 2.38. The Bertz CT molecular complexity index is 336. The summed E-state index contributed by atoms with van der Waals surface area (Å²) in [6.07, 6.45) is 2.10. The van der Waals surface area contributed by atoms with E-state index in [-0.39, 0.29) is 5.82 Å². The molecule has 2 heteroatoms. The number of nitrogens with two attached hydrogens (primary N) is 1. The third-order valence-electron chi connectivity index (χ3n) is 3.50. The lowest BCUT2D eigenvalue weighted by molar-refractivity contribution is 0.405. The van der Waals surface area contributed by atoms with Crippen LogP contribution in [-0.4, -0.2) is 6.54 Å². The van der Waals surface area contributed by atoms with E-state index < -0.39 is 0 Å². The van der Waals surface area contributed by atoms with Crippen molar-refractivity contribution in [2.75, 3.05) is 6.54 Å². The van der Waals surface area contributed by atoms with Gasteiger partial charge in [-0.1, -0.05) is 26.3 Å². The summed E-state index contributed by atoms with van der Waals surface area (Å²) in [6, 6.07) is 5.05. The first kappa shape index (κ1) is 13.2. The molecule has 0 aromatic heterocycles. The van der Waals surface area contributed by atoms with Gasteiger partial charge in [0.1, 0.15) is 5.82 Å². The van der Waals surface area contributed by atoms with Gasteiger partial charge in [0.2, 0.25) is 0 Å². The SMILES string of the molecule is CCC(CCN)C(C)c1cc(F)ccc1C. The Hall–Kier alpha value is -0.890. The van der Waals surface area contributed by atoms with Crippen molar-refractivity contribution in [3.05, 3.63) is 35.1 Å². The Balaban J connectivity index is 2.93. The van der Waals surface area contributed by atoms with Crippen molar-refractivity contribution in [3.8, 4) is 0 Å². The second-order valence-electron chi connectivity index (χ2n) is 4.54.